The van der Waals surface area contributed by atoms with E-state index in [1.807, 2.05) is 13.0 Å². The summed E-state index contributed by atoms with van der Waals surface area (Å²) in [5.74, 6) is 1.56. The molecule has 11 heteroatoms. The van der Waals surface area contributed by atoms with E-state index in [0.717, 1.165) is 11.2 Å². The molecule has 1 N–H and O–H groups in total. The first kappa shape index (κ1) is 18.9. The molecule has 0 fully saturated rings. The van der Waals surface area contributed by atoms with Gasteiger partial charge in [-0.05, 0) is 31.2 Å². The molecule has 4 rings (SSSR count). The van der Waals surface area contributed by atoms with Crippen LogP contribution in [0.1, 0.15) is 5.82 Å². The zero-order chi connectivity index (χ0) is 20.8. The van der Waals surface area contributed by atoms with Crippen molar-refractivity contribution in [2.45, 2.75) is 11.8 Å². The summed E-state index contributed by atoms with van der Waals surface area (Å²) < 4.78 is 37.1. The number of aryl methyl sites for hydroxylation is 3. The molecule has 0 saturated carbocycles. The smallest absolute Gasteiger partial charge is 0.263 e. The number of pyridine rings is 1. The third-order valence-corrected chi connectivity index (χ3v) is 5.91. The highest BCUT2D eigenvalue weighted by molar-refractivity contribution is 7.92. The second kappa shape index (κ2) is 6.85. The molecule has 4 aromatic rings. The van der Waals surface area contributed by atoms with Gasteiger partial charge in [-0.25, -0.2) is 13.4 Å². The van der Waals surface area contributed by atoms with E-state index in [-0.39, 0.29) is 4.90 Å². The van der Waals surface area contributed by atoms with Gasteiger partial charge < -0.3 is 4.74 Å². The van der Waals surface area contributed by atoms with Crippen molar-refractivity contribution in [3.8, 4) is 17.3 Å². The van der Waals surface area contributed by atoms with Crippen molar-refractivity contribution >= 4 is 26.6 Å². The minimum absolute atomic E-state index is 0.00938. The van der Waals surface area contributed by atoms with Crippen LogP contribution in [0, 0.1) is 6.92 Å². The highest BCUT2D eigenvalue weighted by atomic mass is 32.2. The molecular weight excluding hydrogens is 394 g/mol. The maximum absolute atomic E-state index is 13.0. The molecule has 0 saturated heterocycles. The van der Waals surface area contributed by atoms with E-state index in [0.29, 0.717) is 28.5 Å². The monoisotopic (exact) mass is 413 g/mol. The lowest BCUT2D eigenvalue weighted by molar-refractivity contribution is 0.417. The molecule has 0 atom stereocenters. The quantitative estimate of drug-likeness (QED) is 0.531. The molecule has 0 aliphatic carbocycles. The average Bonchev–Trinajstić information content (AvgIpc) is 3.24. The minimum atomic E-state index is -3.91. The number of benzene rings is 1. The Morgan fingerprint density at radius 1 is 1.07 bits per heavy atom. The van der Waals surface area contributed by atoms with E-state index in [1.54, 1.807) is 41.8 Å². The fraction of sp³-hybridized carbons (Fsp3) is 0.222. The van der Waals surface area contributed by atoms with Crippen LogP contribution < -0.4 is 9.46 Å². The van der Waals surface area contributed by atoms with Crippen LogP contribution in [0.3, 0.4) is 0 Å². The van der Waals surface area contributed by atoms with Crippen molar-refractivity contribution in [2.24, 2.45) is 14.1 Å². The van der Waals surface area contributed by atoms with Gasteiger partial charge in [0.1, 0.15) is 27.9 Å². The van der Waals surface area contributed by atoms with E-state index in [4.69, 9.17) is 4.74 Å². The molecular formula is C18H19N7O3S. The molecule has 0 aliphatic rings. The van der Waals surface area contributed by atoms with Gasteiger partial charge >= 0.3 is 0 Å². The Morgan fingerprint density at radius 3 is 2.48 bits per heavy atom. The summed E-state index contributed by atoms with van der Waals surface area (Å²) in [6, 6.07) is 6.55. The predicted molar refractivity (Wildman–Crippen MR) is 107 cm³/mol. The highest BCUT2D eigenvalue weighted by Crippen LogP contribution is 2.34. The summed E-state index contributed by atoms with van der Waals surface area (Å²) in [5, 5.41) is 9.23. The lowest BCUT2D eigenvalue weighted by Crippen LogP contribution is -2.15. The molecule has 3 heterocycles. The largest absolute Gasteiger partial charge is 0.494 e. The number of anilines is 1. The average molecular weight is 413 g/mol. The van der Waals surface area contributed by atoms with E-state index >= 15 is 0 Å². The van der Waals surface area contributed by atoms with Gasteiger partial charge in [-0.3, -0.25) is 19.1 Å². The predicted octanol–water partition coefficient (Wildman–Crippen LogP) is 1.88. The SMILES string of the molecule is COc1ccc2cnn(C)c2c1NS(=O)(=O)c1ccc(-c2nc(C)n(C)n2)nc1. The standard InChI is InChI=1S/C18H19N7O3S/c1-11-21-18(22-24(11)2)14-7-6-13(10-19-14)29(26,27)23-16-15(28-4)8-5-12-9-20-25(3)17(12)16/h5-10,23H,1-4H3. The number of nitrogens with one attached hydrogen (secondary N) is 1. The van der Waals surface area contributed by atoms with Gasteiger partial charge in [0.15, 0.2) is 5.82 Å². The molecule has 1 aromatic carbocycles. The second-order valence-corrected chi connectivity index (χ2v) is 8.12. The number of ether oxygens (including phenoxy) is 1. The normalized spacial score (nSPS) is 11.7. The van der Waals surface area contributed by atoms with Crippen molar-refractivity contribution in [2.75, 3.05) is 11.8 Å². The third-order valence-electron chi connectivity index (χ3n) is 4.58. The number of rotatable bonds is 5. The van der Waals surface area contributed by atoms with E-state index in [9.17, 15) is 8.42 Å². The molecule has 0 amide bonds. The first-order valence-corrected chi connectivity index (χ1v) is 10.1. The van der Waals surface area contributed by atoms with Crippen LogP contribution in [-0.2, 0) is 24.1 Å². The van der Waals surface area contributed by atoms with Crippen molar-refractivity contribution in [1.29, 1.82) is 0 Å². The molecule has 29 heavy (non-hydrogen) atoms. The van der Waals surface area contributed by atoms with Gasteiger partial charge in [0, 0.05) is 25.7 Å². The lowest BCUT2D eigenvalue weighted by atomic mass is 10.2. The van der Waals surface area contributed by atoms with Crippen molar-refractivity contribution in [3.05, 3.63) is 42.5 Å². The van der Waals surface area contributed by atoms with Crippen LogP contribution in [0.4, 0.5) is 5.69 Å². The Kier molecular flexibility index (Phi) is 4.46. The number of hydrogen-bond acceptors (Lipinski definition) is 7. The first-order chi connectivity index (χ1) is 13.8. The summed E-state index contributed by atoms with van der Waals surface area (Å²) in [4.78, 5) is 8.53. The van der Waals surface area contributed by atoms with Crippen LogP contribution in [-0.4, -0.2) is 45.1 Å². The van der Waals surface area contributed by atoms with Crippen LogP contribution in [0.15, 0.2) is 41.6 Å². The molecule has 0 unspecified atom stereocenters. The van der Waals surface area contributed by atoms with Gasteiger partial charge in [-0.2, -0.15) is 5.10 Å². The number of nitrogens with zero attached hydrogens (tertiary/aromatic N) is 6. The van der Waals surface area contributed by atoms with Gasteiger partial charge in [0.25, 0.3) is 10.0 Å². The van der Waals surface area contributed by atoms with Crippen LogP contribution in [0.25, 0.3) is 22.4 Å². The summed E-state index contributed by atoms with van der Waals surface area (Å²) in [7, 11) is 1.08. The molecule has 0 bridgehead atoms. The fourth-order valence-electron chi connectivity index (χ4n) is 2.95. The topological polar surface area (TPSA) is 117 Å². The summed E-state index contributed by atoms with van der Waals surface area (Å²) >= 11 is 0. The third kappa shape index (κ3) is 3.29. The van der Waals surface area contributed by atoms with Gasteiger partial charge in [0.2, 0.25) is 0 Å². The van der Waals surface area contributed by atoms with Gasteiger partial charge in [-0.1, -0.05) is 0 Å². The molecule has 0 radical (unpaired) electrons. The van der Waals surface area contributed by atoms with Gasteiger partial charge in [0.05, 0.1) is 18.8 Å². The van der Waals surface area contributed by atoms with E-state index in [1.165, 1.54) is 19.4 Å². The van der Waals surface area contributed by atoms with Gasteiger partial charge in [-0.15, -0.1) is 5.10 Å². The van der Waals surface area contributed by atoms with Crippen LogP contribution in [0.2, 0.25) is 0 Å². The van der Waals surface area contributed by atoms with Crippen LogP contribution >= 0.6 is 0 Å². The molecule has 0 aliphatic heterocycles. The van der Waals surface area contributed by atoms with Crippen molar-refractivity contribution in [3.63, 3.8) is 0 Å². The van der Waals surface area contributed by atoms with E-state index in [2.05, 4.69) is 24.9 Å². The Balaban J connectivity index is 1.71. The highest BCUT2D eigenvalue weighted by Gasteiger charge is 2.21. The molecule has 0 spiro atoms. The fourth-order valence-corrected chi connectivity index (χ4v) is 3.98. The number of hydrogen-bond donors (Lipinski definition) is 1. The lowest BCUT2D eigenvalue weighted by Gasteiger charge is -2.13. The summed E-state index contributed by atoms with van der Waals surface area (Å²) in [5.41, 5.74) is 1.42. The second-order valence-electron chi connectivity index (χ2n) is 6.44. The Labute approximate surface area is 167 Å². The first-order valence-electron chi connectivity index (χ1n) is 8.66. The van der Waals surface area contributed by atoms with Crippen molar-refractivity contribution in [1.82, 2.24) is 29.5 Å². The number of sulfonamides is 1. The number of aromatic nitrogens is 6. The van der Waals surface area contributed by atoms with E-state index < -0.39 is 10.0 Å². The Hall–Kier alpha value is -3.47. The summed E-state index contributed by atoms with van der Waals surface area (Å²) in [6.45, 7) is 1.83. The zero-order valence-electron chi connectivity index (χ0n) is 16.3. The number of fused-ring (bicyclic) bond motifs is 1. The maximum Gasteiger partial charge on any atom is 0.263 e. The number of methoxy groups -OCH3 is 1. The zero-order valence-corrected chi connectivity index (χ0v) is 17.1. The Morgan fingerprint density at radius 2 is 1.86 bits per heavy atom. The molecule has 10 nitrogen and oxygen atoms in total. The molecule has 3 aromatic heterocycles. The Bertz CT molecular complexity index is 1290. The maximum atomic E-state index is 13.0. The molecule has 150 valence electrons. The van der Waals surface area contributed by atoms with Crippen LogP contribution in [0.5, 0.6) is 5.75 Å². The van der Waals surface area contributed by atoms with Crippen molar-refractivity contribution < 1.29 is 13.2 Å². The minimum Gasteiger partial charge on any atom is -0.494 e. The summed E-state index contributed by atoms with van der Waals surface area (Å²) in [6.07, 6.45) is 2.93.